The van der Waals surface area contributed by atoms with Crippen molar-refractivity contribution in [2.75, 3.05) is 12.3 Å². The Morgan fingerprint density at radius 3 is 2.52 bits per heavy atom. The minimum Gasteiger partial charge on any atom is -0.387 e. The van der Waals surface area contributed by atoms with Crippen LogP contribution in [0.15, 0.2) is 12.7 Å². The molecule has 0 saturated carbocycles. The number of nitrogens with zero attached hydrogens (tertiary/aromatic N) is 4. The second kappa shape index (κ2) is 10.2. The van der Waals surface area contributed by atoms with E-state index in [4.69, 9.17) is 15.0 Å². The van der Waals surface area contributed by atoms with E-state index >= 15 is 0 Å². The molecule has 3 rings (SSSR count). The first-order valence-electron chi connectivity index (χ1n) is 7.09. The van der Waals surface area contributed by atoms with Gasteiger partial charge in [0.1, 0.15) is 30.2 Å². The Bertz CT molecular complexity index is 1010. The molecule has 1 fully saturated rings. The van der Waals surface area contributed by atoms with Crippen LogP contribution in [0.3, 0.4) is 0 Å². The zero-order valence-electron chi connectivity index (χ0n) is 15.1. The van der Waals surface area contributed by atoms with Crippen LogP contribution < -0.4 is 5.73 Å². The van der Waals surface area contributed by atoms with Gasteiger partial charge in [0.2, 0.25) is 0 Å². The van der Waals surface area contributed by atoms with Gasteiger partial charge in [-0.1, -0.05) is 0 Å². The minimum atomic E-state index is -5.26. The minimum absolute atomic E-state index is 0. The van der Waals surface area contributed by atoms with Gasteiger partial charge in [-0.15, -0.1) is 3.97 Å². The summed E-state index contributed by atoms with van der Waals surface area (Å²) in [5.41, 5.74) is 6.08. The number of ether oxygens (including phenoxy) is 1. The fraction of sp³-hybridized carbons (Fsp3) is 0.500. The first-order chi connectivity index (χ1) is 12.5. The Hall–Kier alpha value is 0.250. The Morgan fingerprint density at radius 1 is 1.24 bits per heavy atom. The van der Waals surface area contributed by atoms with Crippen molar-refractivity contribution in [1.82, 2.24) is 19.5 Å². The van der Waals surface area contributed by atoms with Gasteiger partial charge in [-0.3, -0.25) is 13.6 Å². The molecule has 5 atom stereocenters. The molecule has 3 heterocycles. The number of aliphatic hydroxyl groups is 2. The summed E-state index contributed by atoms with van der Waals surface area (Å²) in [4.78, 5) is 20.9. The number of hydrogen-bond acceptors (Lipinski definition) is 12. The fourth-order valence-electron chi connectivity index (χ4n) is 2.46. The van der Waals surface area contributed by atoms with E-state index in [0.717, 1.165) is 6.33 Å². The fourth-order valence-corrected chi connectivity index (χ4v) is 3.92. The molecule has 0 spiro atoms. The van der Waals surface area contributed by atoms with Gasteiger partial charge in [-0.05, 0) is 0 Å². The Kier molecular flexibility index (Phi) is 9.64. The van der Waals surface area contributed by atoms with E-state index in [1.54, 1.807) is 0 Å². The molecular weight excluding hydrogens is 459 g/mol. The summed E-state index contributed by atoms with van der Waals surface area (Å²) >= 11 is 0. The van der Waals surface area contributed by atoms with E-state index < -0.39 is 49.4 Å². The van der Waals surface area contributed by atoms with Gasteiger partial charge in [0.25, 0.3) is 0 Å². The van der Waals surface area contributed by atoms with Crippen LogP contribution in [0.2, 0.25) is 0 Å². The van der Waals surface area contributed by atoms with Crippen molar-refractivity contribution in [3.8, 4) is 0 Å². The van der Waals surface area contributed by atoms with Crippen molar-refractivity contribution in [2.24, 2.45) is 0 Å². The van der Waals surface area contributed by atoms with Crippen LogP contribution in [0.4, 0.5) is 5.82 Å². The molecular formula is C10H14N5Na2O10PS. The van der Waals surface area contributed by atoms with Gasteiger partial charge < -0.3 is 25.6 Å². The van der Waals surface area contributed by atoms with Crippen LogP contribution >= 0.6 is 7.82 Å². The number of nitrogens with two attached hydrogens (primary N) is 1. The van der Waals surface area contributed by atoms with Crippen LogP contribution in [0.25, 0.3) is 11.2 Å². The summed E-state index contributed by atoms with van der Waals surface area (Å²) < 4.78 is 55.3. The van der Waals surface area contributed by atoms with Crippen LogP contribution in [0, 0.1) is 0 Å². The smallest absolute Gasteiger partial charge is 0.387 e. The summed E-state index contributed by atoms with van der Waals surface area (Å²) in [6, 6.07) is 0. The van der Waals surface area contributed by atoms with Gasteiger partial charge in [0.05, 0.1) is 12.9 Å². The van der Waals surface area contributed by atoms with Gasteiger partial charge in [0, 0.05) is 59.1 Å². The third-order valence-electron chi connectivity index (χ3n) is 3.59. The monoisotopic (exact) mass is 473 g/mol. The maximum absolute atomic E-state index is 11.4. The number of phosphoric ester groups is 1. The molecule has 19 heteroatoms. The third kappa shape index (κ3) is 6.38. The summed E-state index contributed by atoms with van der Waals surface area (Å²) in [5.74, 6) is 0.0789. The number of rotatable bonds is 6. The van der Waals surface area contributed by atoms with Crippen LogP contribution in [-0.4, -0.2) is 132 Å². The Balaban J connectivity index is 0.00000210. The topological polar surface area (TPSA) is 229 Å². The number of hydrogen-bond donors (Lipinski definition) is 5. The molecule has 0 bridgehead atoms. The Labute approximate surface area is 207 Å². The summed E-state index contributed by atoms with van der Waals surface area (Å²) in [5, 5.41) is 20.2. The van der Waals surface area contributed by atoms with Crippen LogP contribution in [0.1, 0.15) is 6.23 Å². The average molecular weight is 473 g/mol. The molecule has 15 nitrogen and oxygen atoms in total. The number of nitrogen functional groups attached to an aromatic ring is 1. The second-order valence-electron chi connectivity index (χ2n) is 5.40. The first-order valence-corrected chi connectivity index (χ1v) is 9.95. The van der Waals surface area contributed by atoms with E-state index in [9.17, 15) is 28.1 Å². The van der Waals surface area contributed by atoms with Crippen molar-refractivity contribution in [2.45, 2.75) is 24.5 Å². The zero-order chi connectivity index (χ0) is 20.0. The largest absolute Gasteiger partial charge is 0.488 e. The second-order valence-corrected chi connectivity index (χ2v) is 8.04. The number of fused-ring (bicyclic) bond motifs is 1. The van der Waals surface area contributed by atoms with Crippen molar-refractivity contribution in [1.29, 1.82) is 0 Å². The number of phosphoric acid groups is 1. The molecule has 0 aromatic carbocycles. The molecule has 0 amide bonds. The average Bonchev–Trinajstić information content (AvgIpc) is 3.07. The summed E-state index contributed by atoms with van der Waals surface area (Å²) in [7, 11) is -10.5. The molecule has 2 aromatic heterocycles. The van der Waals surface area contributed by atoms with Gasteiger partial charge in [-0.2, -0.15) is 8.42 Å². The molecule has 1 aliphatic heterocycles. The third-order valence-corrected chi connectivity index (χ3v) is 5.57. The quantitative estimate of drug-likeness (QED) is 0.162. The molecule has 0 aliphatic carbocycles. The number of aromatic nitrogens is 4. The van der Waals surface area contributed by atoms with Crippen LogP contribution in [0.5, 0.6) is 0 Å². The van der Waals surface area contributed by atoms with E-state index in [0.29, 0.717) is 0 Å². The van der Waals surface area contributed by atoms with Crippen molar-refractivity contribution < 1.29 is 45.9 Å². The van der Waals surface area contributed by atoms with E-state index in [2.05, 4.69) is 23.4 Å². The molecule has 29 heavy (non-hydrogen) atoms. The van der Waals surface area contributed by atoms with E-state index in [1.165, 1.54) is 10.9 Å². The van der Waals surface area contributed by atoms with Crippen molar-refractivity contribution >= 4 is 94.3 Å². The first kappa shape index (κ1) is 27.3. The SMILES string of the molecule is Nc1ncnc2c1ncn2[C@@H]1O[C@H](COP(=O)(O)OS(=O)(=O)O)[C@@H](O)[C@H]1O.[Na].[Na]. The molecule has 1 aliphatic rings. The van der Waals surface area contributed by atoms with E-state index in [1.807, 2.05) is 0 Å². The van der Waals surface area contributed by atoms with Gasteiger partial charge in [0.15, 0.2) is 17.7 Å². The zero-order valence-corrected chi connectivity index (χ0v) is 20.8. The number of anilines is 1. The van der Waals surface area contributed by atoms with Crippen molar-refractivity contribution in [3.63, 3.8) is 0 Å². The van der Waals surface area contributed by atoms with Crippen LogP contribution in [-0.2, 0) is 28.2 Å². The molecule has 6 N–H and O–H groups in total. The summed E-state index contributed by atoms with van der Waals surface area (Å²) in [6.07, 6.45) is -3.29. The summed E-state index contributed by atoms with van der Waals surface area (Å²) in [6.45, 7) is -0.845. The maximum atomic E-state index is 11.4. The maximum Gasteiger partial charge on any atom is 0.488 e. The predicted octanol–water partition coefficient (Wildman–Crippen LogP) is -2.80. The predicted molar refractivity (Wildman–Crippen MR) is 95.6 cm³/mol. The Morgan fingerprint density at radius 2 is 1.90 bits per heavy atom. The standard InChI is InChI=1S/C10H14N5O10PS.2Na/c11-8-5-9(13-2-12-8)15(3-14-5)10-7(17)6(16)4(24-10)1-23-26(18,19)25-27(20,21)22;;/h2-4,6-7,10,16-17H,1H2,(H,18,19)(H2,11,12,13)(H,20,21,22);;/t4-,6-,7-,10-;;/m1../s1. The molecule has 2 radical (unpaired) electrons. The number of aliphatic hydroxyl groups excluding tert-OH is 2. The normalized spacial score (nSPS) is 26.5. The molecule has 1 unspecified atom stereocenters. The van der Waals surface area contributed by atoms with E-state index in [-0.39, 0.29) is 76.1 Å². The van der Waals surface area contributed by atoms with Crippen molar-refractivity contribution in [3.05, 3.63) is 12.7 Å². The molecule has 2 aromatic rings. The number of imidazole rings is 1. The van der Waals surface area contributed by atoms with Gasteiger partial charge >= 0.3 is 18.2 Å². The molecule has 152 valence electrons. The van der Waals surface area contributed by atoms with Gasteiger partial charge in [-0.25, -0.2) is 19.5 Å². The molecule has 1 saturated heterocycles.